The Labute approximate surface area is 163 Å². The fourth-order valence-corrected chi connectivity index (χ4v) is 4.70. The molecular formula is C23H33NO3. The molecule has 2 aliphatic rings. The molecule has 0 spiro atoms. The van der Waals surface area contributed by atoms with Crippen LogP contribution in [-0.2, 0) is 14.3 Å². The van der Waals surface area contributed by atoms with E-state index in [2.05, 4.69) is 43.4 Å². The zero-order chi connectivity index (χ0) is 19.2. The average Bonchev–Trinajstić information content (AvgIpc) is 3.22. The predicted octanol–water partition coefficient (Wildman–Crippen LogP) is 4.19. The van der Waals surface area contributed by atoms with Gasteiger partial charge in [-0.1, -0.05) is 51.0 Å². The highest BCUT2D eigenvalue weighted by molar-refractivity contribution is 5.86. The molecule has 1 heterocycles. The van der Waals surface area contributed by atoms with Gasteiger partial charge < -0.3 is 10.1 Å². The van der Waals surface area contributed by atoms with Crippen molar-refractivity contribution in [2.24, 2.45) is 11.8 Å². The van der Waals surface area contributed by atoms with Gasteiger partial charge in [-0.15, -0.1) is 0 Å². The molecule has 3 unspecified atom stereocenters. The van der Waals surface area contributed by atoms with Crippen molar-refractivity contribution >= 4 is 12.3 Å². The monoisotopic (exact) mass is 371 g/mol. The van der Waals surface area contributed by atoms with Crippen LogP contribution in [0.4, 0.5) is 0 Å². The van der Waals surface area contributed by atoms with Gasteiger partial charge in [0.2, 0.25) is 0 Å². The van der Waals surface area contributed by atoms with E-state index in [1.54, 1.807) is 0 Å². The number of ether oxygens (including phenoxy) is 1. The molecule has 148 valence electrons. The lowest BCUT2D eigenvalue weighted by Crippen LogP contribution is -2.39. The van der Waals surface area contributed by atoms with E-state index >= 15 is 0 Å². The molecule has 4 heteroatoms. The summed E-state index contributed by atoms with van der Waals surface area (Å²) in [5, 5.41) is 3.52. The van der Waals surface area contributed by atoms with Crippen molar-refractivity contribution in [1.29, 1.82) is 0 Å². The Morgan fingerprint density at radius 1 is 1.19 bits per heavy atom. The van der Waals surface area contributed by atoms with E-state index < -0.39 is 6.10 Å². The summed E-state index contributed by atoms with van der Waals surface area (Å²) >= 11 is 0. The van der Waals surface area contributed by atoms with Crippen LogP contribution in [-0.4, -0.2) is 31.4 Å². The molecule has 0 radical (unpaired) electrons. The van der Waals surface area contributed by atoms with Crippen molar-refractivity contribution in [2.45, 2.75) is 70.3 Å². The molecule has 1 aromatic rings. The Hall–Kier alpha value is -1.68. The third kappa shape index (κ3) is 5.19. The number of carbonyl (C=O) groups is 2. The number of ketones is 1. The van der Waals surface area contributed by atoms with Crippen molar-refractivity contribution in [3.63, 3.8) is 0 Å². The first-order chi connectivity index (χ1) is 13.1. The van der Waals surface area contributed by atoms with Crippen molar-refractivity contribution in [1.82, 2.24) is 5.32 Å². The second-order valence-corrected chi connectivity index (χ2v) is 8.62. The normalized spacial score (nSPS) is 24.7. The Bertz CT molecular complexity index is 619. The number of rotatable bonds is 8. The minimum atomic E-state index is -0.570. The number of carbonyl (C=O) groups excluding carboxylic acids is 2. The summed E-state index contributed by atoms with van der Waals surface area (Å²) < 4.78 is 5.24. The molecule has 2 fully saturated rings. The summed E-state index contributed by atoms with van der Waals surface area (Å²) in [6.45, 7) is 6.73. The van der Waals surface area contributed by atoms with Crippen molar-refractivity contribution in [3.8, 4) is 0 Å². The molecule has 1 aliphatic heterocycles. The second-order valence-electron chi connectivity index (χ2n) is 8.62. The third-order valence-corrected chi connectivity index (χ3v) is 6.36. The smallest absolute Gasteiger partial charge is 0.293 e. The van der Waals surface area contributed by atoms with Gasteiger partial charge in [0.15, 0.2) is 11.9 Å². The van der Waals surface area contributed by atoms with Crippen LogP contribution in [0.3, 0.4) is 0 Å². The van der Waals surface area contributed by atoms with Gasteiger partial charge in [-0.05, 0) is 61.1 Å². The van der Waals surface area contributed by atoms with E-state index in [4.69, 9.17) is 4.74 Å². The molecule has 27 heavy (non-hydrogen) atoms. The fraction of sp³-hybridized carbons (Fsp3) is 0.652. The SMILES string of the molecule is CC(C)c1ccc(C2CNCC(CC(OC=O)C(=O)C3CCCC3)C2)cc1. The second kappa shape index (κ2) is 9.50. The molecule has 3 rings (SSSR count). The van der Waals surface area contributed by atoms with Crippen LogP contribution < -0.4 is 5.32 Å². The van der Waals surface area contributed by atoms with E-state index in [-0.39, 0.29) is 11.7 Å². The average molecular weight is 372 g/mol. The molecule has 0 amide bonds. The van der Waals surface area contributed by atoms with Gasteiger partial charge >= 0.3 is 0 Å². The molecule has 3 atom stereocenters. The molecule has 1 aromatic carbocycles. The minimum Gasteiger partial charge on any atom is -0.457 e. The third-order valence-electron chi connectivity index (χ3n) is 6.36. The summed E-state index contributed by atoms with van der Waals surface area (Å²) in [6, 6.07) is 8.94. The first kappa shape index (κ1) is 20.1. The van der Waals surface area contributed by atoms with Crippen LogP contribution in [0.25, 0.3) is 0 Å². The van der Waals surface area contributed by atoms with Gasteiger partial charge in [0.1, 0.15) is 0 Å². The van der Waals surface area contributed by atoms with E-state index in [0.717, 1.165) is 45.2 Å². The Morgan fingerprint density at radius 2 is 1.89 bits per heavy atom. The van der Waals surface area contributed by atoms with Crippen LogP contribution in [0.5, 0.6) is 0 Å². The fourth-order valence-electron chi connectivity index (χ4n) is 4.70. The molecule has 1 aliphatic carbocycles. The standard InChI is InChI=1S/C23H33NO3/c1-16(2)18-7-9-19(10-8-18)21-11-17(13-24-14-21)12-22(27-15-25)23(26)20-5-3-4-6-20/h7-10,15-17,20-22,24H,3-6,11-14H2,1-2H3. The van der Waals surface area contributed by atoms with Crippen LogP contribution in [0.2, 0.25) is 0 Å². The highest BCUT2D eigenvalue weighted by Crippen LogP contribution is 2.32. The van der Waals surface area contributed by atoms with Crippen LogP contribution in [0.15, 0.2) is 24.3 Å². The van der Waals surface area contributed by atoms with Crippen molar-refractivity contribution in [3.05, 3.63) is 35.4 Å². The number of benzene rings is 1. The minimum absolute atomic E-state index is 0.0888. The van der Waals surface area contributed by atoms with E-state index in [1.165, 1.54) is 11.1 Å². The number of Topliss-reactive ketones (excluding diaryl/α,β-unsaturated/α-hetero) is 1. The maximum absolute atomic E-state index is 12.8. The lowest BCUT2D eigenvalue weighted by atomic mass is 9.81. The predicted molar refractivity (Wildman–Crippen MR) is 107 cm³/mol. The summed E-state index contributed by atoms with van der Waals surface area (Å²) in [5.74, 6) is 1.57. The number of piperidine rings is 1. The summed E-state index contributed by atoms with van der Waals surface area (Å²) in [7, 11) is 0. The van der Waals surface area contributed by atoms with Crippen LogP contribution in [0, 0.1) is 11.8 Å². The Balaban J connectivity index is 1.61. The van der Waals surface area contributed by atoms with Gasteiger partial charge in [-0.3, -0.25) is 9.59 Å². The van der Waals surface area contributed by atoms with Gasteiger partial charge in [0, 0.05) is 12.5 Å². The number of hydrogen-bond acceptors (Lipinski definition) is 4. The Morgan fingerprint density at radius 3 is 2.52 bits per heavy atom. The van der Waals surface area contributed by atoms with Gasteiger partial charge in [-0.2, -0.15) is 0 Å². The molecule has 0 aromatic heterocycles. The highest BCUT2D eigenvalue weighted by atomic mass is 16.5. The topological polar surface area (TPSA) is 55.4 Å². The Kier molecular flexibility index (Phi) is 7.06. The van der Waals surface area contributed by atoms with E-state index in [0.29, 0.717) is 30.6 Å². The molecule has 0 bridgehead atoms. The first-order valence-electron chi connectivity index (χ1n) is 10.5. The van der Waals surface area contributed by atoms with Gasteiger partial charge in [0.25, 0.3) is 6.47 Å². The molecule has 1 N–H and O–H groups in total. The number of hydrogen-bond donors (Lipinski definition) is 1. The zero-order valence-corrected chi connectivity index (χ0v) is 16.7. The maximum atomic E-state index is 12.8. The van der Waals surface area contributed by atoms with Crippen LogP contribution >= 0.6 is 0 Å². The van der Waals surface area contributed by atoms with Crippen molar-refractivity contribution in [2.75, 3.05) is 13.1 Å². The zero-order valence-electron chi connectivity index (χ0n) is 16.7. The maximum Gasteiger partial charge on any atom is 0.293 e. The quantitative estimate of drug-likeness (QED) is 0.696. The van der Waals surface area contributed by atoms with E-state index in [9.17, 15) is 9.59 Å². The number of nitrogens with one attached hydrogen (secondary N) is 1. The summed E-state index contributed by atoms with van der Waals surface area (Å²) in [6.07, 6.45) is 5.23. The highest BCUT2D eigenvalue weighted by Gasteiger charge is 2.34. The van der Waals surface area contributed by atoms with Crippen molar-refractivity contribution < 1.29 is 14.3 Å². The largest absolute Gasteiger partial charge is 0.457 e. The molecule has 1 saturated carbocycles. The molecule has 4 nitrogen and oxygen atoms in total. The lowest BCUT2D eigenvalue weighted by Gasteiger charge is -2.32. The summed E-state index contributed by atoms with van der Waals surface area (Å²) in [4.78, 5) is 23.7. The van der Waals surface area contributed by atoms with E-state index in [1.807, 2.05) is 0 Å². The lowest BCUT2D eigenvalue weighted by molar-refractivity contribution is -0.147. The first-order valence-corrected chi connectivity index (χ1v) is 10.5. The van der Waals surface area contributed by atoms with Gasteiger partial charge in [0.05, 0.1) is 0 Å². The van der Waals surface area contributed by atoms with Crippen LogP contribution in [0.1, 0.15) is 75.3 Å². The van der Waals surface area contributed by atoms with Gasteiger partial charge in [-0.25, -0.2) is 0 Å². The molecular weight excluding hydrogens is 338 g/mol. The summed E-state index contributed by atoms with van der Waals surface area (Å²) in [5.41, 5.74) is 2.72. The molecule has 1 saturated heterocycles.